The number of benzene rings is 1. The monoisotopic (exact) mass is 253 g/mol. The van der Waals surface area contributed by atoms with Gasteiger partial charge < -0.3 is 16.2 Å². The first-order valence-corrected chi connectivity index (χ1v) is 5.42. The van der Waals surface area contributed by atoms with E-state index in [2.05, 4.69) is 5.32 Å². The zero-order valence-corrected chi connectivity index (χ0v) is 9.70. The number of amides is 1. The van der Waals surface area contributed by atoms with Gasteiger partial charge in [0.1, 0.15) is 6.10 Å². The fraction of sp³-hybridized carbons (Fsp3) is 0.364. The fourth-order valence-corrected chi connectivity index (χ4v) is 1.46. The molecule has 0 aliphatic carbocycles. The van der Waals surface area contributed by atoms with Crippen molar-refractivity contribution in [2.24, 2.45) is 5.73 Å². The second-order valence-corrected chi connectivity index (χ2v) is 3.76. The average molecular weight is 253 g/mol. The van der Waals surface area contributed by atoms with E-state index in [0.717, 1.165) is 0 Å². The van der Waals surface area contributed by atoms with Crippen LogP contribution in [-0.2, 0) is 11.2 Å². The Morgan fingerprint density at radius 1 is 1.50 bits per heavy atom. The van der Waals surface area contributed by atoms with Gasteiger partial charge in [-0.25, -0.2) is 0 Å². The molecule has 1 amide bonds. The fourth-order valence-electron chi connectivity index (χ4n) is 1.46. The zero-order valence-electron chi connectivity index (χ0n) is 9.70. The number of aliphatic hydroxyl groups is 1. The van der Waals surface area contributed by atoms with Gasteiger partial charge in [0.25, 0.3) is 5.69 Å². The molecule has 0 heterocycles. The minimum atomic E-state index is -1.24. The van der Waals surface area contributed by atoms with E-state index in [0.29, 0.717) is 18.5 Å². The summed E-state index contributed by atoms with van der Waals surface area (Å²) in [6.45, 7) is 0.450. The highest BCUT2D eigenvalue weighted by molar-refractivity contribution is 5.78. The van der Waals surface area contributed by atoms with Crippen LogP contribution in [0.5, 0.6) is 0 Å². The molecule has 0 aliphatic heterocycles. The van der Waals surface area contributed by atoms with Crippen LogP contribution in [0, 0.1) is 10.1 Å². The molecule has 1 unspecified atom stereocenters. The maximum atomic E-state index is 10.7. The number of nitrogens with two attached hydrogens (primary N) is 1. The maximum absolute atomic E-state index is 10.7. The third kappa shape index (κ3) is 4.11. The van der Waals surface area contributed by atoms with Gasteiger partial charge >= 0.3 is 0 Å². The third-order valence-corrected chi connectivity index (χ3v) is 2.43. The first kappa shape index (κ1) is 14.1. The van der Waals surface area contributed by atoms with E-state index in [1.807, 2.05) is 0 Å². The smallest absolute Gasteiger partial charge is 0.272 e. The number of aliphatic hydroxyl groups excluding tert-OH is 1. The lowest BCUT2D eigenvalue weighted by Gasteiger charge is -2.08. The van der Waals surface area contributed by atoms with Crippen molar-refractivity contribution >= 4 is 11.6 Å². The van der Waals surface area contributed by atoms with Crippen LogP contribution in [0.4, 0.5) is 5.69 Å². The first-order chi connectivity index (χ1) is 8.52. The Morgan fingerprint density at radius 2 is 2.17 bits per heavy atom. The topological polar surface area (TPSA) is 118 Å². The highest BCUT2D eigenvalue weighted by Crippen LogP contribution is 2.17. The Bertz CT molecular complexity index is 436. The molecule has 0 radical (unpaired) electrons. The van der Waals surface area contributed by atoms with Gasteiger partial charge in [0.15, 0.2) is 0 Å². The number of carbonyl (C=O) groups excluding carboxylic acids is 1. The van der Waals surface area contributed by atoms with Crippen molar-refractivity contribution in [2.75, 3.05) is 13.1 Å². The Hall–Kier alpha value is -1.99. The van der Waals surface area contributed by atoms with Gasteiger partial charge in [-0.05, 0) is 13.0 Å². The second kappa shape index (κ2) is 6.67. The number of para-hydroxylation sites is 1. The molecule has 1 atom stereocenters. The standard InChI is InChI=1S/C11H15N3O4/c12-11(16)10(15)7-13-6-5-8-3-1-2-4-9(8)14(17)18/h1-4,10,13,15H,5-7H2,(H2,12,16). The van der Waals surface area contributed by atoms with Crippen LogP contribution >= 0.6 is 0 Å². The molecule has 0 bridgehead atoms. The van der Waals surface area contributed by atoms with Crippen molar-refractivity contribution in [3.63, 3.8) is 0 Å². The van der Waals surface area contributed by atoms with Crippen LogP contribution in [0.25, 0.3) is 0 Å². The minimum Gasteiger partial charge on any atom is -0.382 e. The van der Waals surface area contributed by atoms with Crippen LogP contribution in [0.1, 0.15) is 5.56 Å². The van der Waals surface area contributed by atoms with Gasteiger partial charge in [0.2, 0.25) is 5.91 Å². The number of hydrogen-bond acceptors (Lipinski definition) is 5. The molecule has 18 heavy (non-hydrogen) atoms. The summed E-state index contributed by atoms with van der Waals surface area (Å²) < 4.78 is 0. The van der Waals surface area contributed by atoms with Crippen molar-refractivity contribution in [1.82, 2.24) is 5.32 Å². The lowest BCUT2D eigenvalue weighted by molar-refractivity contribution is -0.385. The number of nitro benzene ring substituents is 1. The van der Waals surface area contributed by atoms with Crippen LogP contribution in [0.3, 0.4) is 0 Å². The number of nitrogens with zero attached hydrogens (tertiary/aromatic N) is 1. The molecule has 1 aromatic rings. The highest BCUT2D eigenvalue weighted by atomic mass is 16.6. The summed E-state index contributed by atoms with van der Waals surface area (Å²) in [5.74, 6) is -0.798. The number of rotatable bonds is 7. The largest absolute Gasteiger partial charge is 0.382 e. The van der Waals surface area contributed by atoms with Gasteiger partial charge in [-0.1, -0.05) is 18.2 Å². The molecule has 7 nitrogen and oxygen atoms in total. The van der Waals surface area contributed by atoms with Gasteiger partial charge in [-0.2, -0.15) is 0 Å². The van der Waals surface area contributed by atoms with Crippen molar-refractivity contribution < 1.29 is 14.8 Å². The highest BCUT2D eigenvalue weighted by Gasteiger charge is 2.12. The van der Waals surface area contributed by atoms with E-state index in [4.69, 9.17) is 10.8 Å². The third-order valence-electron chi connectivity index (χ3n) is 2.43. The molecule has 0 saturated heterocycles. The predicted molar refractivity (Wildman–Crippen MR) is 64.9 cm³/mol. The lowest BCUT2D eigenvalue weighted by Crippen LogP contribution is -2.38. The predicted octanol–water partition coefficient (Wildman–Crippen LogP) is -0.427. The van der Waals surface area contributed by atoms with Crippen LogP contribution in [-0.4, -0.2) is 35.1 Å². The second-order valence-electron chi connectivity index (χ2n) is 3.76. The first-order valence-electron chi connectivity index (χ1n) is 5.42. The van der Waals surface area contributed by atoms with Crippen LogP contribution < -0.4 is 11.1 Å². The van der Waals surface area contributed by atoms with E-state index in [1.165, 1.54) is 6.07 Å². The molecule has 7 heteroatoms. The Balaban J connectivity index is 2.45. The van der Waals surface area contributed by atoms with E-state index >= 15 is 0 Å². The number of nitrogens with one attached hydrogen (secondary N) is 1. The van der Waals surface area contributed by atoms with Gasteiger partial charge in [-0.15, -0.1) is 0 Å². The van der Waals surface area contributed by atoms with E-state index < -0.39 is 16.9 Å². The summed E-state index contributed by atoms with van der Waals surface area (Å²) in [7, 11) is 0. The molecule has 4 N–H and O–H groups in total. The van der Waals surface area contributed by atoms with E-state index in [1.54, 1.807) is 18.2 Å². The SMILES string of the molecule is NC(=O)C(O)CNCCc1ccccc1[N+](=O)[O-]. The summed E-state index contributed by atoms with van der Waals surface area (Å²) in [4.78, 5) is 20.8. The zero-order chi connectivity index (χ0) is 13.5. The average Bonchev–Trinajstić information content (AvgIpc) is 2.34. The number of hydrogen-bond donors (Lipinski definition) is 3. The number of primary amides is 1. The summed E-state index contributed by atoms with van der Waals surface area (Å²) in [5.41, 5.74) is 5.54. The summed E-state index contributed by atoms with van der Waals surface area (Å²) in [5, 5.41) is 22.7. The molecule has 0 aromatic heterocycles. The molecule has 98 valence electrons. The van der Waals surface area contributed by atoms with Crippen molar-refractivity contribution in [3.05, 3.63) is 39.9 Å². The van der Waals surface area contributed by atoms with Gasteiger partial charge in [0.05, 0.1) is 4.92 Å². The summed E-state index contributed by atoms with van der Waals surface area (Å²) in [6.07, 6.45) is -0.807. The van der Waals surface area contributed by atoms with Gasteiger partial charge in [-0.3, -0.25) is 14.9 Å². The Morgan fingerprint density at radius 3 is 2.78 bits per heavy atom. The normalized spacial score (nSPS) is 12.1. The number of carbonyl (C=O) groups is 1. The molecular weight excluding hydrogens is 238 g/mol. The quantitative estimate of drug-likeness (QED) is 0.346. The van der Waals surface area contributed by atoms with E-state index in [9.17, 15) is 14.9 Å². The maximum Gasteiger partial charge on any atom is 0.272 e. The molecule has 0 spiro atoms. The molecule has 1 aromatic carbocycles. The van der Waals surface area contributed by atoms with E-state index in [-0.39, 0.29) is 12.2 Å². The van der Waals surface area contributed by atoms with Crippen molar-refractivity contribution in [2.45, 2.75) is 12.5 Å². The Labute approximate surface area is 104 Å². The lowest BCUT2D eigenvalue weighted by atomic mass is 10.1. The van der Waals surface area contributed by atoms with Crippen molar-refractivity contribution in [3.8, 4) is 0 Å². The molecule has 0 aliphatic rings. The molecule has 1 rings (SSSR count). The van der Waals surface area contributed by atoms with Gasteiger partial charge in [0, 0.05) is 18.2 Å². The van der Waals surface area contributed by atoms with Crippen LogP contribution in [0.15, 0.2) is 24.3 Å². The molecule has 0 fully saturated rings. The summed E-state index contributed by atoms with van der Waals surface area (Å²) >= 11 is 0. The minimum absolute atomic E-state index is 0.0377. The van der Waals surface area contributed by atoms with Crippen molar-refractivity contribution in [1.29, 1.82) is 0 Å². The van der Waals surface area contributed by atoms with Crippen LogP contribution in [0.2, 0.25) is 0 Å². The Kier molecular flexibility index (Phi) is 5.22. The number of nitro groups is 1. The molecule has 0 saturated carbocycles. The molecular formula is C11H15N3O4. The summed E-state index contributed by atoms with van der Waals surface area (Å²) in [6, 6.07) is 6.43.